The highest BCUT2D eigenvalue weighted by Crippen LogP contribution is 2.32. The SMILES string of the molecule is C=CCc1ccc(OCCCCn2c(C(F)(F)F)nc3ccccc32)c(OC)c1. The Morgan fingerprint density at radius 2 is 1.90 bits per heavy atom. The smallest absolute Gasteiger partial charge is 0.449 e. The number of nitrogens with zero attached hydrogens (tertiary/aromatic N) is 2. The molecule has 1 heterocycles. The number of hydrogen-bond donors (Lipinski definition) is 0. The molecule has 0 aliphatic carbocycles. The van der Waals surface area contributed by atoms with E-state index in [4.69, 9.17) is 9.47 Å². The number of rotatable bonds is 9. The predicted molar refractivity (Wildman–Crippen MR) is 106 cm³/mol. The van der Waals surface area contributed by atoms with E-state index in [1.54, 1.807) is 31.4 Å². The highest BCUT2D eigenvalue weighted by atomic mass is 19.4. The third kappa shape index (κ3) is 4.91. The molecule has 4 nitrogen and oxygen atoms in total. The van der Waals surface area contributed by atoms with Gasteiger partial charge in [-0.15, -0.1) is 6.58 Å². The van der Waals surface area contributed by atoms with Crippen molar-refractivity contribution in [2.45, 2.75) is 32.0 Å². The number of hydrogen-bond acceptors (Lipinski definition) is 3. The van der Waals surface area contributed by atoms with Crippen molar-refractivity contribution in [1.29, 1.82) is 0 Å². The number of benzene rings is 2. The molecule has 0 amide bonds. The molecular weight excluding hydrogens is 381 g/mol. The van der Waals surface area contributed by atoms with Gasteiger partial charge < -0.3 is 14.0 Å². The van der Waals surface area contributed by atoms with E-state index in [-0.39, 0.29) is 6.54 Å². The highest BCUT2D eigenvalue weighted by molar-refractivity contribution is 5.76. The van der Waals surface area contributed by atoms with E-state index in [1.807, 2.05) is 24.3 Å². The van der Waals surface area contributed by atoms with E-state index < -0.39 is 12.0 Å². The number of halogens is 3. The summed E-state index contributed by atoms with van der Waals surface area (Å²) >= 11 is 0. The Kier molecular flexibility index (Phi) is 6.46. The fourth-order valence-electron chi connectivity index (χ4n) is 3.20. The number of ether oxygens (including phenoxy) is 2. The minimum absolute atomic E-state index is 0.216. The molecule has 0 fully saturated rings. The topological polar surface area (TPSA) is 36.3 Å². The van der Waals surface area contributed by atoms with Crippen molar-refractivity contribution in [2.24, 2.45) is 0 Å². The molecule has 154 valence electrons. The number of alkyl halides is 3. The van der Waals surface area contributed by atoms with Gasteiger partial charge in [0.2, 0.25) is 5.82 Å². The van der Waals surface area contributed by atoms with Gasteiger partial charge in [0.25, 0.3) is 0 Å². The Balaban J connectivity index is 1.61. The van der Waals surface area contributed by atoms with Gasteiger partial charge in [-0.3, -0.25) is 0 Å². The number of aromatic nitrogens is 2. The average Bonchev–Trinajstić information content (AvgIpc) is 3.08. The summed E-state index contributed by atoms with van der Waals surface area (Å²) in [5.41, 5.74) is 1.90. The van der Waals surface area contributed by atoms with Crippen LogP contribution < -0.4 is 9.47 Å². The minimum Gasteiger partial charge on any atom is -0.493 e. The number of fused-ring (bicyclic) bond motifs is 1. The molecule has 0 aliphatic rings. The number of para-hydroxylation sites is 2. The minimum atomic E-state index is -4.49. The molecular formula is C22H23F3N2O2. The number of imidazole rings is 1. The summed E-state index contributed by atoms with van der Waals surface area (Å²) in [5, 5.41) is 0. The van der Waals surface area contributed by atoms with Crippen molar-refractivity contribution in [2.75, 3.05) is 13.7 Å². The summed E-state index contributed by atoms with van der Waals surface area (Å²) in [7, 11) is 1.57. The fourth-order valence-corrected chi connectivity index (χ4v) is 3.20. The average molecular weight is 404 g/mol. The molecule has 0 aliphatic heterocycles. The van der Waals surface area contributed by atoms with E-state index in [0.29, 0.717) is 42.0 Å². The van der Waals surface area contributed by atoms with Crippen LogP contribution in [-0.4, -0.2) is 23.3 Å². The molecule has 0 saturated carbocycles. The van der Waals surface area contributed by atoms with Crippen LogP contribution in [-0.2, 0) is 19.1 Å². The van der Waals surface area contributed by atoms with Crippen molar-refractivity contribution < 1.29 is 22.6 Å². The fraction of sp³-hybridized carbons (Fsp3) is 0.318. The van der Waals surface area contributed by atoms with Crippen molar-refractivity contribution >= 4 is 11.0 Å². The van der Waals surface area contributed by atoms with E-state index in [2.05, 4.69) is 11.6 Å². The largest absolute Gasteiger partial charge is 0.493 e. The number of aryl methyl sites for hydroxylation is 1. The number of methoxy groups -OCH3 is 1. The molecule has 0 bridgehead atoms. The van der Waals surface area contributed by atoms with Crippen LogP contribution >= 0.6 is 0 Å². The summed E-state index contributed by atoms with van der Waals surface area (Å²) in [6.07, 6.45) is -0.820. The zero-order valence-electron chi connectivity index (χ0n) is 16.2. The quantitative estimate of drug-likeness (QED) is 0.341. The van der Waals surface area contributed by atoms with E-state index >= 15 is 0 Å². The zero-order chi connectivity index (χ0) is 20.9. The normalized spacial score (nSPS) is 11.6. The summed E-state index contributed by atoms with van der Waals surface area (Å²) < 4.78 is 52.3. The summed E-state index contributed by atoms with van der Waals surface area (Å²) in [5.74, 6) is 0.382. The Labute approximate surface area is 167 Å². The summed E-state index contributed by atoms with van der Waals surface area (Å²) in [6, 6.07) is 12.3. The van der Waals surface area contributed by atoms with Gasteiger partial charge in [-0.2, -0.15) is 13.2 Å². The molecule has 29 heavy (non-hydrogen) atoms. The number of unbranched alkanes of at least 4 members (excludes halogenated alkanes) is 1. The van der Waals surface area contributed by atoms with Crippen LogP contribution in [0.3, 0.4) is 0 Å². The Bertz CT molecular complexity index is 980. The van der Waals surface area contributed by atoms with Gasteiger partial charge in [0, 0.05) is 6.54 Å². The van der Waals surface area contributed by atoms with Gasteiger partial charge in [-0.1, -0.05) is 24.3 Å². The molecule has 1 aromatic heterocycles. The third-order valence-electron chi connectivity index (χ3n) is 4.55. The first kappa shape index (κ1) is 20.8. The molecule has 3 aromatic rings. The molecule has 0 N–H and O–H groups in total. The molecule has 0 radical (unpaired) electrons. The second-order valence-corrected chi connectivity index (χ2v) is 6.61. The molecule has 3 rings (SSSR count). The van der Waals surface area contributed by atoms with Crippen LogP contribution in [0.25, 0.3) is 11.0 Å². The Morgan fingerprint density at radius 3 is 2.62 bits per heavy atom. The lowest BCUT2D eigenvalue weighted by molar-refractivity contribution is -0.147. The number of allylic oxidation sites excluding steroid dienone is 1. The van der Waals surface area contributed by atoms with Crippen LogP contribution in [0.4, 0.5) is 13.2 Å². The van der Waals surface area contributed by atoms with Crippen molar-refractivity contribution in [3.8, 4) is 11.5 Å². The second-order valence-electron chi connectivity index (χ2n) is 6.61. The monoisotopic (exact) mass is 404 g/mol. The van der Waals surface area contributed by atoms with Gasteiger partial charge in [-0.05, 0) is 49.1 Å². The van der Waals surface area contributed by atoms with E-state index in [9.17, 15) is 13.2 Å². The van der Waals surface area contributed by atoms with Crippen LogP contribution in [0.15, 0.2) is 55.1 Å². The highest BCUT2D eigenvalue weighted by Gasteiger charge is 2.37. The van der Waals surface area contributed by atoms with Gasteiger partial charge in [0.05, 0.1) is 24.8 Å². The summed E-state index contributed by atoms with van der Waals surface area (Å²) in [4.78, 5) is 3.76. The van der Waals surface area contributed by atoms with Crippen molar-refractivity contribution in [3.05, 3.63) is 66.5 Å². The standard InChI is InChI=1S/C22H23F3N2O2/c1-3-8-16-11-12-19(20(15-16)28-2)29-14-7-6-13-27-18-10-5-4-9-17(18)26-21(27)22(23,24)25/h3-5,9-12,15H,1,6-8,13-14H2,2H3. The lowest BCUT2D eigenvalue weighted by Gasteiger charge is -2.13. The van der Waals surface area contributed by atoms with Crippen molar-refractivity contribution in [3.63, 3.8) is 0 Å². The first-order valence-electron chi connectivity index (χ1n) is 9.37. The molecule has 2 aromatic carbocycles. The predicted octanol–water partition coefficient (Wildman–Crippen LogP) is 5.65. The van der Waals surface area contributed by atoms with Crippen LogP contribution in [0.5, 0.6) is 11.5 Å². The van der Waals surface area contributed by atoms with E-state index in [1.165, 1.54) is 4.57 Å². The Hall–Kier alpha value is -2.96. The molecule has 0 saturated heterocycles. The second kappa shape index (κ2) is 9.03. The van der Waals surface area contributed by atoms with Crippen molar-refractivity contribution in [1.82, 2.24) is 9.55 Å². The van der Waals surface area contributed by atoms with Crippen LogP contribution in [0.2, 0.25) is 0 Å². The molecule has 7 heteroatoms. The maximum atomic E-state index is 13.3. The molecule has 0 unspecified atom stereocenters. The van der Waals surface area contributed by atoms with Gasteiger partial charge >= 0.3 is 6.18 Å². The molecule has 0 spiro atoms. The summed E-state index contributed by atoms with van der Waals surface area (Å²) in [6.45, 7) is 4.31. The van der Waals surface area contributed by atoms with Gasteiger partial charge in [0.15, 0.2) is 11.5 Å². The lowest BCUT2D eigenvalue weighted by Crippen LogP contribution is -2.15. The lowest BCUT2D eigenvalue weighted by atomic mass is 10.1. The first-order chi connectivity index (χ1) is 13.9. The molecule has 0 atom stereocenters. The van der Waals surface area contributed by atoms with E-state index in [0.717, 1.165) is 12.0 Å². The van der Waals surface area contributed by atoms with Crippen LogP contribution in [0, 0.1) is 0 Å². The third-order valence-corrected chi connectivity index (χ3v) is 4.55. The van der Waals surface area contributed by atoms with Crippen LogP contribution in [0.1, 0.15) is 24.2 Å². The van der Waals surface area contributed by atoms with Gasteiger partial charge in [0.1, 0.15) is 0 Å². The maximum Gasteiger partial charge on any atom is 0.449 e. The van der Waals surface area contributed by atoms with Gasteiger partial charge in [-0.25, -0.2) is 4.98 Å². The Morgan fingerprint density at radius 1 is 1.10 bits per heavy atom. The first-order valence-corrected chi connectivity index (χ1v) is 9.37. The maximum absolute atomic E-state index is 13.3. The zero-order valence-corrected chi connectivity index (χ0v) is 16.2.